The molecule has 9 aromatic carbocycles. The van der Waals surface area contributed by atoms with Gasteiger partial charge >= 0.3 is 0 Å². The van der Waals surface area contributed by atoms with E-state index in [1.54, 1.807) is 0 Å². The van der Waals surface area contributed by atoms with Gasteiger partial charge < -0.3 is 4.42 Å². The lowest BCUT2D eigenvalue weighted by Gasteiger charge is -2.15. The van der Waals surface area contributed by atoms with Crippen LogP contribution in [0.15, 0.2) is 217 Å². The lowest BCUT2D eigenvalue weighted by Crippen LogP contribution is -2.01. The van der Waals surface area contributed by atoms with Gasteiger partial charge in [0.1, 0.15) is 11.2 Å². The molecule has 0 N–H and O–H groups in total. The molecule has 0 atom stereocenters. The molecule has 0 radical (unpaired) electrons. The quantitative estimate of drug-likeness (QED) is 0.163. The van der Waals surface area contributed by atoms with Crippen LogP contribution in [0.2, 0.25) is 0 Å². The number of para-hydroxylation sites is 2. The minimum atomic E-state index is 0.622. The van der Waals surface area contributed by atoms with Crippen LogP contribution in [0.3, 0.4) is 0 Å². The summed E-state index contributed by atoms with van der Waals surface area (Å²) in [5.41, 5.74) is 13.6. The third kappa shape index (κ3) is 6.24. The molecular formula is C55H35N3O. The first-order valence-electron chi connectivity index (χ1n) is 19.9. The monoisotopic (exact) mass is 753 g/mol. The van der Waals surface area contributed by atoms with Gasteiger partial charge in [-0.1, -0.05) is 206 Å². The molecule has 0 bridgehead atoms. The van der Waals surface area contributed by atoms with Gasteiger partial charge in [0.2, 0.25) is 0 Å². The molecule has 2 aromatic heterocycles. The van der Waals surface area contributed by atoms with Crippen molar-refractivity contribution < 1.29 is 4.42 Å². The molecule has 4 nitrogen and oxygen atoms in total. The molecule has 11 aromatic rings. The smallest absolute Gasteiger partial charge is 0.164 e. The molecule has 59 heavy (non-hydrogen) atoms. The Morgan fingerprint density at radius 3 is 1.51 bits per heavy atom. The second-order valence-electron chi connectivity index (χ2n) is 14.7. The molecule has 0 saturated heterocycles. The average molecular weight is 754 g/mol. The highest BCUT2D eigenvalue weighted by atomic mass is 16.3. The Kier molecular flexibility index (Phi) is 8.45. The highest BCUT2D eigenvalue weighted by Crippen LogP contribution is 2.41. The van der Waals surface area contributed by atoms with Crippen LogP contribution in [0.25, 0.3) is 111 Å². The Balaban J connectivity index is 1.00. The summed E-state index contributed by atoms with van der Waals surface area (Å²) in [5.74, 6) is 1.89. The van der Waals surface area contributed by atoms with E-state index in [1.807, 2.05) is 54.6 Å². The van der Waals surface area contributed by atoms with Gasteiger partial charge in [0.05, 0.1) is 0 Å². The van der Waals surface area contributed by atoms with Crippen LogP contribution in [-0.2, 0) is 0 Å². The van der Waals surface area contributed by atoms with E-state index < -0.39 is 0 Å². The zero-order valence-corrected chi connectivity index (χ0v) is 32.0. The highest BCUT2D eigenvalue weighted by molar-refractivity contribution is 6.10. The first-order chi connectivity index (χ1) is 29.2. The molecule has 0 spiro atoms. The topological polar surface area (TPSA) is 51.8 Å². The molecule has 0 aliphatic carbocycles. The SMILES string of the molecule is c1ccc(-c2nc(-c3ccc(-c4c(-c5ccc(-c6cccc7c6oc6ccccc67)cc5)ccc5ccccc45)cc3)nc(-c3ccccc3-c3ccccc3)n2)cc1. The summed E-state index contributed by atoms with van der Waals surface area (Å²) in [7, 11) is 0. The number of benzene rings is 9. The maximum Gasteiger partial charge on any atom is 0.164 e. The average Bonchev–Trinajstić information content (AvgIpc) is 3.71. The number of aromatic nitrogens is 3. The van der Waals surface area contributed by atoms with Gasteiger partial charge in [-0.2, -0.15) is 0 Å². The zero-order valence-electron chi connectivity index (χ0n) is 32.0. The van der Waals surface area contributed by atoms with E-state index in [4.69, 9.17) is 19.4 Å². The van der Waals surface area contributed by atoms with Crippen molar-refractivity contribution in [2.24, 2.45) is 0 Å². The molecule has 0 aliphatic heterocycles. The van der Waals surface area contributed by atoms with Crippen molar-refractivity contribution in [3.8, 4) is 78.7 Å². The van der Waals surface area contributed by atoms with Crippen molar-refractivity contribution in [2.45, 2.75) is 0 Å². The van der Waals surface area contributed by atoms with Crippen molar-refractivity contribution in [1.82, 2.24) is 15.0 Å². The number of rotatable bonds is 7. The minimum Gasteiger partial charge on any atom is -0.455 e. The fraction of sp³-hybridized carbons (Fsp3) is 0. The van der Waals surface area contributed by atoms with Crippen molar-refractivity contribution >= 4 is 32.7 Å². The van der Waals surface area contributed by atoms with E-state index in [1.165, 1.54) is 16.3 Å². The van der Waals surface area contributed by atoms with Crippen LogP contribution in [0.4, 0.5) is 0 Å². The van der Waals surface area contributed by atoms with Crippen LogP contribution in [0.1, 0.15) is 0 Å². The molecule has 0 saturated carbocycles. The molecule has 276 valence electrons. The van der Waals surface area contributed by atoms with E-state index in [-0.39, 0.29) is 0 Å². The number of nitrogens with zero attached hydrogens (tertiary/aromatic N) is 3. The molecule has 0 unspecified atom stereocenters. The van der Waals surface area contributed by atoms with E-state index in [0.29, 0.717) is 17.5 Å². The predicted molar refractivity (Wildman–Crippen MR) is 243 cm³/mol. The first kappa shape index (κ1) is 34.3. The van der Waals surface area contributed by atoms with Gasteiger partial charge in [-0.3, -0.25) is 0 Å². The van der Waals surface area contributed by atoms with Crippen LogP contribution < -0.4 is 0 Å². The molecule has 0 fully saturated rings. The van der Waals surface area contributed by atoms with Crippen molar-refractivity contribution in [3.63, 3.8) is 0 Å². The summed E-state index contributed by atoms with van der Waals surface area (Å²) in [5, 5.41) is 4.65. The Hall–Kier alpha value is -7.95. The largest absolute Gasteiger partial charge is 0.455 e. The van der Waals surface area contributed by atoms with E-state index in [0.717, 1.165) is 77.6 Å². The van der Waals surface area contributed by atoms with Crippen LogP contribution in [0.5, 0.6) is 0 Å². The fourth-order valence-corrected chi connectivity index (χ4v) is 8.30. The van der Waals surface area contributed by atoms with Crippen LogP contribution >= 0.6 is 0 Å². The molecule has 0 amide bonds. The predicted octanol–water partition coefficient (Wildman–Crippen LogP) is 14.6. The number of hydrogen-bond acceptors (Lipinski definition) is 4. The summed E-state index contributed by atoms with van der Waals surface area (Å²) >= 11 is 0. The second kappa shape index (κ2) is 14.5. The van der Waals surface area contributed by atoms with Gasteiger partial charge in [-0.15, -0.1) is 0 Å². The summed E-state index contributed by atoms with van der Waals surface area (Å²) < 4.78 is 6.39. The van der Waals surface area contributed by atoms with Crippen molar-refractivity contribution in [1.29, 1.82) is 0 Å². The Morgan fingerprint density at radius 2 is 0.763 bits per heavy atom. The fourth-order valence-electron chi connectivity index (χ4n) is 8.30. The molecule has 0 aliphatic rings. The zero-order chi connectivity index (χ0) is 39.1. The molecule has 2 heterocycles. The summed E-state index contributed by atoms with van der Waals surface area (Å²) in [6.07, 6.45) is 0. The number of furan rings is 1. The van der Waals surface area contributed by atoms with Gasteiger partial charge in [-0.05, 0) is 55.8 Å². The third-order valence-corrected chi connectivity index (χ3v) is 11.2. The Bertz CT molecular complexity index is 3300. The lowest BCUT2D eigenvalue weighted by molar-refractivity contribution is 0.670. The van der Waals surface area contributed by atoms with Gasteiger partial charge in [-0.25, -0.2) is 15.0 Å². The standard InChI is InChI=1S/C55H35N3O/c1-3-14-36(15-4-1)43-19-9-10-22-49(43)55-57-53(41-17-5-2-6-18-41)56-54(58-55)42-32-30-40(31-33-42)51-44-20-8-7-16-37(44)34-35-45(51)38-26-28-39(29-27-38)46-23-13-24-48-47-21-11-12-25-50(47)59-52(46)48/h1-35H. The lowest BCUT2D eigenvalue weighted by atomic mass is 9.89. The summed E-state index contributed by atoms with van der Waals surface area (Å²) in [6, 6.07) is 74.1. The first-order valence-corrected chi connectivity index (χ1v) is 19.9. The molecule has 11 rings (SSSR count). The maximum absolute atomic E-state index is 6.39. The number of hydrogen-bond donors (Lipinski definition) is 0. The highest BCUT2D eigenvalue weighted by Gasteiger charge is 2.18. The maximum atomic E-state index is 6.39. The van der Waals surface area contributed by atoms with E-state index in [2.05, 4.69) is 158 Å². The van der Waals surface area contributed by atoms with Gasteiger partial charge in [0, 0.05) is 33.0 Å². The normalized spacial score (nSPS) is 11.4. The van der Waals surface area contributed by atoms with Gasteiger partial charge in [0.15, 0.2) is 17.5 Å². The minimum absolute atomic E-state index is 0.622. The molecule has 4 heteroatoms. The Morgan fingerprint density at radius 1 is 0.271 bits per heavy atom. The Labute approximate surface area is 341 Å². The van der Waals surface area contributed by atoms with Gasteiger partial charge in [0.25, 0.3) is 0 Å². The third-order valence-electron chi connectivity index (χ3n) is 11.2. The molecular weight excluding hydrogens is 719 g/mol. The van der Waals surface area contributed by atoms with Crippen molar-refractivity contribution in [2.75, 3.05) is 0 Å². The summed E-state index contributed by atoms with van der Waals surface area (Å²) in [6.45, 7) is 0. The van der Waals surface area contributed by atoms with E-state index >= 15 is 0 Å². The van der Waals surface area contributed by atoms with Crippen molar-refractivity contribution in [3.05, 3.63) is 212 Å². The van der Waals surface area contributed by atoms with E-state index in [9.17, 15) is 0 Å². The second-order valence-corrected chi connectivity index (χ2v) is 14.7. The van der Waals surface area contributed by atoms with Crippen LogP contribution in [0, 0.1) is 0 Å². The van der Waals surface area contributed by atoms with Crippen LogP contribution in [-0.4, -0.2) is 15.0 Å². The number of fused-ring (bicyclic) bond motifs is 4. The summed E-state index contributed by atoms with van der Waals surface area (Å²) in [4.78, 5) is 15.2.